The highest BCUT2D eigenvalue weighted by Crippen LogP contribution is 2.28. The molecule has 0 saturated carbocycles. The molecule has 1 unspecified atom stereocenters. The van der Waals surface area contributed by atoms with Gasteiger partial charge in [-0.05, 0) is 19.1 Å². The summed E-state index contributed by atoms with van der Waals surface area (Å²) in [5.74, 6) is -0.596. The minimum Gasteiger partial charge on any atom is -0.502 e. The zero-order valence-corrected chi connectivity index (χ0v) is 11.7. The molecule has 1 atom stereocenters. The summed E-state index contributed by atoms with van der Waals surface area (Å²) in [7, 11) is -3.97. The van der Waals surface area contributed by atoms with E-state index in [9.17, 15) is 23.6 Å². The third-order valence-corrected chi connectivity index (χ3v) is 4.34. The zero-order valence-electron chi connectivity index (χ0n) is 10.8. The van der Waals surface area contributed by atoms with Crippen LogP contribution in [0.5, 0.6) is 5.75 Å². The van der Waals surface area contributed by atoms with Crippen molar-refractivity contribution in [3.05, 3.63) is 46.3 Å². The molecule has 3 N–H and O–H groups in total. The smallest absolute Gasteiger partial charge is 0.312 e. The molecular formula is C11H12N4O5S. The van der Waals surface area contributed by atoms with Crippen LogP contribution < -0.4 is 4.72 Å². The molecule has 10 heteroatoms. The average Bonchev–Trinajstić information content (AvgIpc) is 2.92. The lowest BCUT2D eigenvalue weighted by atomic mass is 10.2. The van der Waals surface area contributed by atoms with Crippen LogP contribution in [0, 0.1) is 10.1 Å². The summed E-state index contributed by atoms with van der Waals surface area (Å²) in [5, 5.41) is 26.3. The van der Waals surface area contributed by atoms with Crippen molar-refractivity contribution in [2.75, 3.05) is 0 Å². The predicted octanol–water partition coefficient (Wildman–Crippen LogP) is 1.06. The van der Waals surface area contributed by atoms with E-state index in [0.29, 0.717) is 5.56 Å². The summed E-state index contributed by atoms with van der Waals surface area (Å²) in [6.07, 6.45) is 3.00. The van der Waals surface area contributed by atoms with Gasteiger partial charge in [0.05, 0.1) is 16.0 Å². The van der Waals surface area contributed by atoms with Crippen molar-refractivity contribution in [1.29, 1.82) is 0 Å². The number of phenolic OH excluding ortho intramolecular Hbond substituents is 1. The van der Waals surface area contributed by atoms with E-state index in [1.165, 1.54) is 12.4 Å². The Bertz CT molecular complexity index is 757. The summed E-state index contributed by atoms with van der Waals surface area (Å²) >= 11 is 0. The highest BCUT2D eigenvalue weighted by Gasteiger charge is 2.23. The second kappa shape index (κ2) is 5.50. The number of hydrogen-bond acceptors (Lipinski definition) is 6. The van der Waals surface area contributed by atoms with Crippen molar-refractivity contribution in [2.45, 2.75) is 17.9 Å². The molecule has 1 heterocycles. The fourth-order valence-corrected chi connectivity index (χ4v) is 2.93. The summed E-state index contributed by atoms with van der Waals surface area (Å²) < 4.78 is 26.7. The largest absolute Gasteiger partial charge is 0.502 e. The van der Waals surface area contributed by atoms with E-state index >= 15 is 0 Å². The zero-order chi connectivity index (χ0) is 15.6. The molecule has 0 radical (unpaired) electrons. The van der Waals surface area contributed by atoms with Crippen LogP contribution >= 0.6 is 0 Å². The number of nitro benzene ring substituents is 1. The van der Waals surface area contributed by atoms with E-state index in [-0.39, 0.29) is 4.90 Å². The van der Waals surface area contributed by atoms with Crippen LogP contribution in [-0.4, -0.2) is 28.6 Å². The van der Waals surface area contributed by atoms with Crippen molar-refractivity contribution < 1.29 is 18.4 Å². The highest BCUT2D eigenvalue weighted by atomic mass is 32.2. The van der Waals surface area contributed by atoms with Crippen LogP contribution in [-0.2, 0) is 10.0 Å². The van der Waals surface area contributed by atoms with Crippen molar-refractivity contribution in [3.63, 3.8) is 0 Å². The number of hydrogen-bond donors (Lipinski definition) is 3. The minimum atomic E-state index is -3.97. The molecule has 112 valence electrons. The Morgan fingerprint density at radius 3 is 2.76 bits per heavy atom. The molecule has 0 aliphatic carbocycles. The van der Waals surface area contributed by atoms with Gasteiger partial charge in [-0.25, -0.2) is 13.1 Å². The van der Waals surface area contributed by atoms with Gasteiger partial charge in [0.1, 0.15) is 0 Å². The van der Waals surface area contributed by atoms with Gasteiger partial charge in [-0.2, -0.15) is 5.10 Å². The first-order valence-electron chi connectivity index (χ1n) is 5.79. The molecule has 1 aromatic carbocycles. The van der Waals surface area contributed by atoms with E-state index in [1.807, 2.05) is 0 Å². The normalized spacial score (nSPS) is 13.0. The third kappa shape index (κ3) is 3.17. The van der Waals surface area contributed by atoms with Crippen LogP contribution in [0.15, 0.2) is 35.5 Å². The number of nitrogens with zero attached hydrogens (tertiary/aromatic N) is 2. The second-order valence-corrected chi connectivity index (χ2v) is 6.00. The van der Waals surface area contributed by atoms with Crippen LogP contribution in [0.2, 0.25) is 0 Å². The molecule has 0 saturated heterocycles. The fourth-order valence-electron chi connectivity index (χ4n) is 1.68. The first kappa shape index (κ1) is 14.9. The molecule has 0 amide bonds. The van der Waals surface area contributed by atoms with Gasteiger partial charge in [0.2, 0.25) is 10.0 Å². The molecule has 9 nitrogen and oxygen atoms in total. The molecule has 0 aliphatic rings. The Kier molecular flexibility index (Phi) is 3.91. The van der Waals surface area contributed by atoms with Crippen molar-refractivity contribution in [3.8, 4) is 5.75 Å². The number of nitrogens with one attached hydrogen (secondary N) is 2. The number of nitro groups is 1. The van der Waals surface area contributed by atoms with Gasteiger partial charge >= 0.3 is 5.69 Å². The Morgan fingerprint density at radius 2 is 2.19 bits per heavy atom. The number of benzene rings is 1. The van der Waals surface area contributed by atoms with Crippen LogP contribution in [0.1, 0.15) is 18.5 Å². The maximum absolute atomic E-state index is 12.2. The van der Waals surface area contributed by atoms with E-state index in [4.69, 9.17) is 0 Å². The number of sulfonamides is 1. The molecular weight excluding hydrogens is 300 g/mol. The lowest BCUT2D eigenvalue weighted by Gasteiger charge is -2.12. The number of aromatic nitrogens is 2. The van der Waals surface area contributed by atoms with Gasteiger partial charge in [-0.3, -0.25) is 15.2 Å². The van der Waals surface area contributed by atoms with Crippen molar-refractivity contribution in [1.82, 2.24) is 14.9 Å². The molecule has 2 rings (SSSR count). The summed E-state index contributed by atoms with van der Waals surface area (Å²) in [6.45, 7) is 1.61. The fraction of sp³-hybridized carbons (Fsp3) is 0.182. The standard InChI is InChI=1S/C11H12N4O5S/c1-7(8-5-12-13-6-8)14-21(19,20)9-2-3-11(16)10(4-9)15(17)18/h2-7,14,16H,1H3,(H,12,13). The SMILES string of the molecule is CC(NS(=O)(=O)c1ccc(O)c([N+](=O)[O-])c1)c1cn[nH]c1. The molecule has 0 fully saturated rings. The Hall–Kier alpha value is -2.46. The van der Waals surface area contributed by atoms with Gasteiger partial charge < -0.3 is 5.11 Å². The number of phenols is 1. The van der Waals surface area contributed by atoms with Crippen molar-refractivity contribution >= 4 is 15.7 Å². The summed E-state index contributed by atoms with van der Waals surface area (Å²) in [6, 6.07) is 2.29. The first-order valence-corrected chi connectivity index (χ1v) is 7.28. The highest BCUT2D eigenvalue weighted by molar-refractivity contribution is 7.89. The Labute approximate surface area is 119 Å². The minimum absolute atomic E-state index is 0.303. The topological polar surface area (TPSA) is 138 Å². The van der Waals surface area contributed by atoms with Gasteiger partial charge in [-0.15, -0.1) is 0 Å². The number of H-pyrrole nitrogens is 1. The number of rotatable bonds is 5. The molecule has 0 aliphatic heterocycles. The number of aromatic hydroxyl groups is 1. The molecule has 2 aromatic rings. The molecule has 21 heavy (non-hydrogen) atoms. The van der Waals surface area contributed by atoms with Gasteiger partial charge in [0.15, 0.2) is 5.75 Å². The van der Waals surface area contributed by atoms with E-state index in [1.54, 1.807) is 6.92 Å². The van der Waals surface area contributed by atoms with Crippen LogP contribution in [0.25, 0.3) is 0 Å². The molecule has 0 spiro atoms. The maximum atomic E-state index is 12.2. The van der Waals surface area contributed by atoms with Crippen LogP contribution in [0.4, 0.5) is 5.69 Å². The third-order valence-electron chi connectivity index (χ3n) is 2.81. The lowest BCUT2D eigenvalue weighted by molar-refractivity contribution is -0.386. The first-order chi connectivity index (χ1) is 9.81. The van der Waals surface area contributed by atoms with Crippen LogP contribution in [0.3, 0.4) is 0 Å². The predicted molar refractivity (Wildman–Crippen MR) is 72.1 cm³/mol. The lowest BCUT2D eigenvalue weighted by Crippen LogP contribution is -2.26. The van der Waals surface area contributed by atoms with Crippen molar-refractivity contribution in [2.24, 2.45) is 0 Å². The number of aromatic amines is 1. The maximum Gasteiger partial charge on any atom is 0.312 e. The Balaban J connectivity index is 2.32. The van der Waals surface area contributed by atoms with E-state index in [0.717, 1.165) is 18.2 Å². The summed E-state index contributed by atoms with van der Waals surface area (Å²) in [4.78, 5) is 9.57. The quantitative estimate of drug-likeness (QED) is 0.557. The Morgan fingerprint density at radius 1 is 1.48 bits per heavy atom. The van der Waals surface area contributed by atoms with E-state index in [2.05, 4.69) is 14.9 Å². The van der Waals surface area contributed by atoms with Gasteiger partial charge in [-0.1, -0.05) is 0 Å². The summed E-state index contributed by atoms with van der Waals surface area (Å²) in [5.41, 5.74) is -0.0549. The van der Waals surface area contributed by atoms with E-state index < -0.39 is 32.4 Å². The van der Waals surface area contributed by atoms with Gasteiger partial charge in [0, 0.05) is 23.9 Å². The monoisotopic (exact) mass is 312 g/mol. The molecule has 1 aromatic heterocycles. The second-order valence-electron chi connectivity index (χ2n) is 4.28. The average molecular weight is 312 g/mol. The molecule has 0 bridgehead atoms. The van der Waals surface area contributed by atoms with Gasteiger partial charge in [0.25, 0.3) is 0 Å².